The largest absolute Gasteiger partial charge is 0.493 e. The summed E-state index contributed by atoms with van der Waals surface area (Å²) in [7, 11) is 3.45. The normalized spacial score (nSPS) is 20.7. The molecule has 1 aliphatic heterocycles. The van der Waals surface area contributed by atoms with E-state index < -0.39 is 0 Å². The van der Waals surface area contributed by atoms with Gasteiger partial charge in [0.15, 0.2) is 11.5 Å². The van der Waals surface area contributed by atoms with Crippen LogP contribution in [0.25, 0.3) is 10.9 Å². The molecular weight excluding hydrogens is 336 g/mol. The number of H-pyrrole nitrogens is 1. The minimum Gasteiger partial charge on any atom is -0.493 e. The van der Waals surface area contributed by atoms with Gasteiger partial charge in [0.25, 0.3) is 0 Å². The molecule has 2 heterocycles. The van der Waals surface area contributed by atoms with Crippen molar-refractivity contribution in [2.45, 2.75) is 37.1 Å². The van der Waals surface area contributed by atoms with Crippen LogP contribution in [0.5, 0.6) is 11.5 Å². The van der Waals surface area contributed by atoms with Crippen molar-refractivity contribution >= 4 is 10.9 Å². The van der Waals surface area contributed by atoms with Gasteiger partial charge < -0.3 is 19.8 Å². The predicted molar refractivity (Wildman–Crippen MR) is 107 cm³/mol. The van der Waals surface area contributed by atoms with Gasteiger partial charge >= 0.3 is 0 Å². The summed E-state index contributed by atoms with van der Waals surface area (Å²) in [5.41, 5.74) is 5.57. The van der Waals surface area contributed by atoms with Crippen LogP contribution < -0.4 is 14.8 Å². The highest BCUT2D eigenvalue weighted by Gasteiger charge is 2.48. The summed E-state index contributed by atoms with van der Waals surface area (Å²) in [6.07, 6.45) is 5.15. The summed E-state index contributed by atoms with van der Waals surface area (Å²) in [5.74, 6) is 1.95. The zero-order valence-corrected chi connectivity index (χ0v) is 16.0. The average Bonchev–Trinajstić information content (AvgIpc) is 3.34. The molecule has 0 radical (unpaired) electrons. The molecule has 1 aliphatic carbocycles. The number of methoxy groups -OCH3 is 2. The highest BCUT2D eigenvalue weighted by molar-refractivity contribution is 5.86. The van der Waals surface area contributed by atoms with Gasteiger partial charge in [-0.2, -0.15) is 0 Å². The molecule has 0 bridgehead atoms. The first-order valence-electron chi connectivity index (χ1n) is 9.94. The van der Waals surface area contributed by atoms with E-state index in [0.717, 1.165) is 18.0 Å². The minimum atomic E-state index is 0.219. The molecule has 4 heteroatoms. The van der Waals surface area contributed by atoms with Crippen molar-refractivity contribution in [1.82, 2.24) is 4.98 Å². The first-order chi connectivity index (χ1) is 13.3. The molecule has 1 saturated carbocycles. The first kappa shape index (κ1) is 16.7. The highest BCUT2D eigenvalue weighted by atomic mass is 16.5. The Kier molecular flexibility index (Phi) is 3.90. The Labute approximate surface area is 159 Å². The SMILES string of the molecule is COc1cccc([C@H]2C[NH2+]C3(CCCC3)c3[nH]c4ccccc4c32)c1OC. The number of rotatable bonds is 3. The number of quaternary nitrogens is 1. The lowest BCUT2D eigenvalue weighted by atomic mass is 9.78. The number of para-hydroxylation sites is 2. The number of ether oxygens (including phenoxy) is 2. The molecule has 5 rings (SSSR count). The van der Waals surface area contributed by atoms with Gasteiger partial charge in [-0.05, 0) is 25.0 Å². The maximum absolute atomic E-state index is 5.79. The maximum Gasteiger partial charge on any atom is 0.164 e. The molecule has 4 nitrogen and oxygen atoms in total. The van der Waals surface area contributed by atoms with E-state index in [1.165, 1.54) is 53.4 Å². The number of nitrogens with two attached hydrogens (primary N) is 1. The molecule has 1 spiro atoms. The molecule has 140 valence electrons. The van der Waals surface area contributed by atoms with E-state index in [9.17, 15) is 0 Å². The molecule has 2 aliphatic rings. The summed E-state index contributed by atoms with van der Waals surface area (Å²) >= 11 is 0. The van der Waals surface area contributed by atoms with Crippen molar-refractivity contribution < 1.29 is 14.8 Å². The van der Waals surface area contributed by atoms with Crippen molar-refractivity contribution in [2.24, 2.45) is 0 Å². The van der Waals surface area contributed by atoms with Crippen LogP contribution in [0.1, 0.15) is 48.4 Å². The first-order valence-corrected chi connectivity index (χ1v) is 9.94. The lowest BCUT2D eigenvalue weighted by molar-refractivity contribution is -0.741. The van der Waals surface area contributed by atoms with E-state index >= 15 is 0 Å². The molecule has 27 heavy (non-hydrogen) atoms. The number of hydrogen-bond donors (Lipinski definition) is 2. The number of hydrogen-bond acceptors (Lipinski definition) is 2. The van der Waals surface area contributed by atoms with Gasteiger partial charge in [-0.3, -0.25) is 0 Å². The van der Waals surface area contributed by atoms with Gasteiger partial charge in [0.2, 0.25) is 0 Å². The molecule has 0 unspecified atom stereocenters. The standard InChI is InChI=1S/C23H26N2O2/c1-26-19-11-7-9-15(21(19)27-2)17-14-24-23(12-5-6-13-23)22-20(17)16-8-3-4-10-18(16)25-22/h3-4,7-11,17,24-25H,5-6,12-14H2,1-2H3/p+1/t17-/m1/s1. The van der Waals surface area contributed by atoms with Crippen LogP contribution >= 0.6 is 0 Å². The van der Waals surface area contributed by atoms with Crippen molar-refractivity contribution in [3.63, 3.8) is 0 Å². The molecule has 0 saturated heterocycles. The Bertz CT molecular complexity index is 985. The van der Waals surface area contributed by atoms with Crippen molar-refractivity contribution in [2.75, 3.05) is 20.8 Å². The van der Waals surface area contributed by atoms with E-state index in [1.54, 1.807) is 14.2 Å². The second kappa shape index (κ2) is 6.31. The highest BCUT2D eigenvalue weighted by Crippen LogP contribution is 2.47. The Hall–Kier alpha value is -2.46. The van der Waals surface area contributed by atoms with Gasteiger partial charge in [0.1, 0.15) is 5.54 Å². The number of benzene rings is 2. The second-order valence-electron chi connectivity index (χ2n) is 7.90. The minimum absolute atomic E-state index is 0.219. The van der Waals surface area contributed by atoms with Gasteiger partial charge in [-0.15, -0.1) is 0 Å². The molecule has 0 amide bonds. The summed E-state index contributed by atoms with van der Waals surface area (Å²) in [6.45, 7) is 1.04. The van der Waals surface area contributed by atoms with Gasteiger partial charge in [0.05, 0.1) is 32.4 Å². The summed E-state index contributed by atoms with van der Waals surface area (Å²) < 4.78 is 11.4. The van der Waals surface area contributed by atoms with E-state index in [2.05, 4.69) is 46.7 Å². The van der Waals surface area contributed by atoms with Crippen LogP contribution in [-0.4, -0.2) is 25.7 Å². The fourth-order valence-corrected chi connectivity index (χ4v) is 5.41. The molecule has 1 fully saturated rings. The predicted octanol–water partition coefficient (Wildman–Crippen LogP) is 3.66. The fourth-order valence-electron chi connectivity index (χ4n) is 5.41. The third kappa shape index (κ3) is 2.39. The van der Waals surface area contributed by atoms with Crippen LogP contribution in [0.4, 0.5) is 0 Å². The molecular formula is C23H27N2O2+. The van der Waals surface area contributed by atoms with E-state index in [1.807, 2.05) is 6.07 Å². The maximum atomic E-state index is 5.79. The quantitative estimate of drug-likeness (QED) is 0.746. The third-order valence-corrected chi connectivity index (χ3v) is 6.64. The lowest BCUT2D eigenvalue weighted by Crippen LogP contribution is -2.96. The zero-order valence-electron chi connectivity index (χ0n) is 16.0. The monoisotopic (exact) mass is 363 g/mol. The van der Waals surface area contributed by atoms with Gasteiger partial charge in [-0.1, -0.05) is 30.3 Å². The zero-order chi connectivity index (χ0) is 18.4. The molecule has 2 aromatic carbocycles. The topological polar surface area (TPSA) is 50.9 Å². The van der Waals surface area contributed by atoms with Crippen LogP contribution in [0.3, 0.4) is 0 Å². The average molecular weight is 363 g/mol. The summed E-state index contributed by atoms with van der Waals surface area (Å²) in [4.78, 5) is 3.81. The number of aromatic nitrogens is 1. The van der Waals surface area contributed by atoms with Crippen LogP contribution in [0.15, 0.2) is 42.5 Å². The van der Waals surface area contributed by atoms with Crippen LogP contribution in [0.2, 0.25) is 0 Å². The molecule has 1 aromatic heterocycles. The number of fused-ring (bicyclic) bond motifs is 4. The van der Waals surface area contributed by atoms with Crippen molar-refractivity contribution in [3.8, 4) is 11.5 Å². The van der Waals surface area contributed by atoms with Gasteiger partial charge in [0, 0.05) is 34.9 Å². The molecule has 1 atom stereocenters. The molecule has 3 N–H and O–H groups in total. The Morgan fingerprint density at radius 2 is 1.81 bits per heavy atom. The van der Waals surface area contributed by atoms with E-state index in [4.69, 9.17) is 9.47 Å². The summed E-state index contributed by atoms with van der Waals surface area (Å²) in [5, 5.41) is 3.93. The number of aromatic amines is 1. The number of nitrogens with one attached hydrogen (secondary N) is 1. The van der Waals surface area contributed by atoms with Crippen LogP contribution in [-0.2, 0) is 5.54 Å². The Balaban J connectivity index is 1.75. The Morgan fingerprint density at radius 3 is 2.59 bits per heavy atom. The molecule has 3 aromatic rings. The Morgan fingerprint density at radius 1 is 1.00 bits per heavy atom. The smallest absolute Gasteiger partial charge is 0.164 e. The lowest BCUT2D eigenvalue weighted by Gasteiger charge is -2.36. The third-order valence-electron chi connectivity index (χ3n) is 6.64. The fraction of sp³-hybridized carbons (Fsp3) is 0.391. The second-order valence-corrected chi connectivity index (χ2v) is 7.90. The van der Waals surface area contributed by atoms with Crippen LogP contribution in [0, 0.1) is 0 Å². The van der Waals surface area contributed by atoms with E-state index in [0.29, 0.717) is 0 Å². The van der Waals surface area contributed by atoms with Crippen molar-refractivity contribution in [3.05, 3.63) is 59.3 Å². The summed E-state index contributed by atoms with van der Waals surface area (Å²) in [6, 6.07) is 15.0. The van der Waals surface area contributed by atoms with Gasteiger partial charge in [-0.25, -0.2) is 0 Å². The van der Waals surface area contributed by atoms with Crippen molar-refractivity contribution in [1.29, 1.82) is 0 Å². The van der Waals surface area contributed by atoms with E-state index in [-0.39, 0.29) is 11.5 Å².